The highest BCUT2D eigenvalue weighted by Crippen LogP contribution is 2.05. The molecule has 1 aliphatic heterocycles. The van der Waals surface area contributed by atoms with E-state index >= 15 is 0 Å². The fourth-order valence-corrected chi connectivity index (χ4v) is 2.27. The van der Waals surface area contributed by atoms with Crippen LogP contribution in [0.4, 0.5) is 0 Å². The van der Waals surface area contributed by atoms with E-state index < -0.39 is 0 Å². The Morgan fingerprint density at radius 3 is 2.81 bits per heavy atom. The van der Waals surface area contributed by atoms with Crippen molar-refractivity contribution in [2.24, 2.45) is 0 Å². The van der Waals surface area contributed by atoms with E-state index in [1.165, 1.54) is 38.0 Å². The fraction of sp³-hybridized carbons (Fsp3) is 0.692. The van der Waals surface area contributed by atoms with Gasteiger partial charge in [0.05, 0.1) is 0 Å². The van der Waals surface area contributed by atoms with Crippen molar-refractivity contribution in [3.63, 3.8) is 0 Å². The van der Waals surface area contributed by atoms with E-state index in [0.717, 1.165) is 19.6 Å². The van der Waals surface area contributed by atoms with Crippen LogP contribution in [-0.4, -0.2) is 35.6 Å². The zero-order chi connectivity index (χ0) is 11.2. The summed E-state index contributed by atoms with van der Waals surface area (Å²) in [7, 11) is 0. The maximum absolute atomic E-state index is 3.51. The number of nitrogens with zero attached hydrogens (tertiary/aromatic N) is 2. The number of aromatic nitrogens is 1. The third kappa shape index (κ3) is 3.35. The van der Waals surface area contributed by atoms with Gasteiger partial charge in [-0.2, -0.15) is 0 Å². The van der Waals surface area contributed by atoms with Crippen molar-refractivity contribution in [2.45, 2.75) is 32.9 Å². The van der Waals surface area contributed by atoms with Gasteiger partial charge in [0.15, 0.2) is 0 Å². The van der Waals surface area contributed by atoms with Crippen LogP contribution in [0.3, 0.4) is 0 Å². The Labute approximate surface area is 98.4 Å². The molecular formula is C13H23N3. The topological polar surface area (TPSA) is 20.2 Å². The van der Waals surface area contributed by atoms with Crippen LogP contribution < -0.4 is 5.32 Å². The second-order valence-electron chi connectivity index (χ2n) is 4.58. The van der Waals surface area contributed by atoms with Crippen LogP contribution in [0.15, 0.2) is 18.5 Å². The van der Waals surface area contributed by atoms with E-state index in [2.05, 4.69) is 40.2 Å². The van der Waals surface area contributed by atoms with Crippen LogP contribution >= 0.6 is 0 Å². The Hall–Kier alpha value is -0.800. The molecule has 0 saturated carbocycles. The minimum absolute atomic E-state index is 1.00. The van der Waals surface area contributed by atoms with Crippen LogP contribution in [0.5, 0.6) is 0 Å². The van der Waals surface area contributed by atoms with Crippen LogP contribution in [0, 0.1) is 0 Å². The average Bonchev–Trinajstić information content (AvgIpc) is 2.95. The smallest absolute Gasteiger partial charge is 0.0221 e. The number of hydrogen-bond donors (Lipinski definition) is 1. The molecule has 1 N–H and O–H groups in total. The molecule has 0 aromatic carbocycles. The lowest BCUT2D eigenvalue weighted by atomic mass is 10.3. The molecule has 0 amide bonds. The van der Waals surface area contributed by atoms with Crippen molar-refractivity contribution in [3.05, 3.63) is 24.0 Å². The number of rotatable bonds is 6. The molecule has 1 aromatic heterocycles. The lowest BCUT2D eigenvalue weighted by Crippen LogP contribution is -2.29. The van der Waals surface area contributed by atoms with Crippen LogP contribution in [0.2, 0.25) is 0 Å². The summed E-state index contributed by atoms with van der Waals surface area (Å²) in [6.45, 7) is 9.15. The maximum Gasteiger partial charge on any atom is 0.0221 e. The van der Waals surface area contributed by atoms with Crippen LogP contribution in [0.25, 0.3) is 0 Å². The van der Waals surface area contributed by atoms with Crippen molar-refractivity contribution < 1.29 is 0 Å². The molecule has 1 aliphatic rings. The molecule has 0 unspecified atom stereocenters. The van der Waals surface area contributed by atoms with Crippen LogP contribution in [-0.2, 0) is 13.1 Å². The molecule has 1 fully saturated rings. The molecule has 1 saturated heterocycles. The van der Waals surface area contributed by atoms with Crippen molar-refractivity contribution in [1.29, 1.82) is 0 Å². The van der Waals surface area contributed by atoms with E-state index in [1.807, 2.05) is 0 Å². The third-order valence-electron chi connectivity index (χ3n) is 3.31. The summed E-state index contributed by atoms with van der Waals surface area (Å²) in [4.78, 5) is 2.55. The first kappa shape index (κ1) is 11.7. The molecule has 3 nitrogen and oxygen atoms in total. The number of aryl methyl sites for hydroxylation is 1. The van der Waals surface area contributed by atoms with Crippen molar-refractivity contribution in [3.8, 4) is 0 Å². The first-order valence-electron chi connectivity index (χ1n) is 6.46. The zero-order valence-electron chi connectivity index (χ0n) is 10.3. The van der Waals surface area contributed by atoms with E-state index in [-0.39, 0.29) is 0 Å². The first-order valence-corrected chi connectivity index (χ1v) is 6.46. The summed E-state index contributed by atoms with van der Waals surface area (Å²) < 4.78 is 2.22. The van der Waals surface area contributed by atoms with E-state index in [9.17, 15) is 0 Å². The summed E-state index contributed by atoms with van der Waals surface area (Å²) in [5, 5.41) is 3.51. The molecule has 2 heterocycles. The Morgan fingerprint density at radius 2 is 2.12 bits per heavy atom. The Bertz CT molecular complexity index is 300. The van der Waals surface area contributed by atoms with Crippen LogP contribution in [0.1, 0.15) is 25.3 Å². The molecule has 0 atom stereocenters. The maximum atomic E-state index is 3.51. The minimum Gasteiger partial charge on any atom is -0.354 e. The van der Waals surface area contributed by atoms with Gasteiger partial charge in [0.25, 0.3) is 0 Å². The Balaban J connectivity index is 1.60. The predicted octanol–water partition coefficient (Wildman–Crippen LogP) is 1.69. The Kier molecular flexibility index (Phi) is 4.43. The highest BCUT2D eigenvalue weighted by atomic mass is 15.1. The monoisotopic (exact) mass is 221 g/mol. The average molecular weight is 221 g/mol. The van der Waals surface area contributed by atoms with Gasteiger partial charge in [0.2, 0.25) is 0 Å². The van der Waals surface area contributed by atoms with Gasteiger partial charge >= 0.3 is 0 Å². The molecule has 0 bridgehead atoms. The lowest BCUT2D eigenvalue weighted by molar-refractivity contribution is 0.335. The molecule has 90 valence electrons. The number of hydrogen-bond acceptors (Lipinski definition) is 2. The molecule has 16 heavy (non-hydrogen) atoms. The largest absolute Gasteiger partial charge is 0.354 e. The van der Waals surface area contributed by atoms with Gasteiger partial charge in [-0.3, -0.25) is 0 Å². The second-order valence-corrected chi connectivity index (χ2v) is 4.58. The molecule has 2 rings (SSSR count). The number of nitrogens with one attached hydrogen (secondary N) is 1. The van der Waals surface area contributed by atoms with Gasteiger partial charge in [-0.1, -0.05) is 0 Å². The van der Waals surface area contributed by atoms with Gasteiger partial charge in [0, 0.05) is 38.6 Å². The highest BCUT2D eigenvalue weighted by molar-refractivity contribution is 5.09. The normalized spacial score (nSPS) is 17.1. The fourth-order valence-electron chi connectivity index (χ4n) is 2.27. The molecule has 0 radical (unpaired) electrons. The summed E-state index contributed by atoms with van der Waals surface area (Å²) in [6.07, 6.45) is 7.15. The van der Waals surface area contributed by atoms with Crippen molar-refractivity contribution in [2.75, 3.05) is 26.2 Å². The molecule has 0 aliphatic carbocycles. The van der Waals surface area contributed by atoms with Crippen molar-refractivity contribution in [1.82, 2.24) is 14.8 Å². The summed E-state index contributed by atoms with van der Waals surface area (Å²) >= 11 is 0. The van der Waals surface area contributed by atoms with Gasteiger partial charge in [-0.15, -0.1) is 0 Å². The molecule has 1 aromatic rings. The lowest BCUT2D eigenvalue weighted by Gasteiger charge is -2.14. The molecule has 0 spiro atoms. The summed E-state index contributed by atoms with van der Waals surface area (Å²) in [5.41, 5.74) is 1.39. The van der Waals surface area contributed by atoms with Crippen molar-refractivity contribution >= 4 is 0 Å². The van der Waals surface area contributed by atoms with E-state index in [4.69, 9.17) is 0 Å². The SMILES string of the molecule is CCn1ccc(CNCCN2CCCC2)c1. The van der Waals surface area contributed by atoms with Gasteiger partial charge in [-0.05, 0) is 44.5 Å². The minimum atomic E-state index is 1.00. The van der Waals surface area contributed by atoms with Gasteiger partial charge in [-0.25, -0.2) is 0 Å². The van der Waals surface area contributed by atoms with Gasteiger partial charge in [0.1, 0.15) is 0 Å². The Morgan fingerprint density at radius 1 is 1.31 bits per heavy atom. The summed E-state index contributed by atoms with van der Waals surface area (Å²) in [6, 6.07) is 2.20. The highest BCUT2D eigenvalue weighted by Gasteiger charge is 2.09. The predicted molar refractivity (Wildman–Crippen MR) is 67.5 cm³/mol. The van der Waals surface area contributed by atoms with Gasteiger partial charge < -0.3 is 14.8 Å². The number of likely N-dealkylation sites (tertiary alicyclic amines) is 1. The first-order chi connectivity index (χ1) is 7.88. The molecule has 3 heteroatoms. The molecular weight excluding hydrogens is 198 g/mol. The second kappa shape index (κ2) is 6.06. The van der Waals surface area contributed by atoms with E-state index in [0.29, 0.717) is 0 Å². The third-order valence-corrected chi connectivity index (χ3v) is 3.31. The quantitative estimate of drug-likeness (QED) is 0.738. The standard InChI is InChI=1S/C13H23N3/c1-2-15-9-5-13(12-15)11-14-6-10-16-7-3-4-8-16/h5,9,12,14H,2-4,6-8,10-11H2,1H3. The zero-order valence-corrected chi connectivity index (χ0v) is 10.3. The summed E-state index contributed by atoms with van der Waals surface area (Å²) in [5.74, 6) is 0. The van der Waals surface area contributed by atoms with E-state index in [1.54, 1.807) is 0 Å².